The molecule has 7 rings (SSSR count). The van der Waals surface area contributed by atoms with Crippen LogP contribution in [-0.2, 0) is 22.9 Å². The van der Waals surface area contributed by atoms with E-state index in [2.05, 4.69) is 29.0 Å². The van der Waals surface area contributed by atoms with Gasteiger partial charge in [-0.1, -0.05) is 49.3 Å². The van der Waals surface area contributed by atoms with Crippen LogP contribution in [-0.4, -0.2) is 34.3 Å². The fraction of sp³-hybridized carbons (Fsp3) is 0.286. The molecule has 0 spiro atoms. The summed E-state index contributed by atoms with van der Waals surface area (Å²) in [5.41, 5.74) is 4.42. The second-order valence-corrected chi connectivity index (χ2v) is 15.6. The molecule has 0 aliphatic heterocycles. The van der Waals surface area contributed by atoms with Gasteiger partial charge in [-0.05, 0) is 79.5 Å². The fourth-order valence-corrected chi connectivity index (χ4v) is 8.22. The summed E-state index contributed by atoms with van der Waals surface area (Å²) in [6.07, 6.45) is 7.92. The number of thiazole rings is 1. The van der Waals surface area contributed by atoms with Crippen molar-refractivity contribution < 1.29 is 22.7 Å². The smallest absolute Gasteiger partial charge is 0.355 e. The molecule has 3 heterocycles. The predicted octanol–water partition coefficient (Wildman–Crippen LogP) is 7.14. The molecule has 0 unspecified atom stereocenters. The number of hydrogen-bond donors (Lipinski definition) is 2. The summed E-state index contributed by atoms with van der Waals surface area (Å²) in [6, 6.07) is 16.0. The van der Waals surface area contributed by atoms with Gasteiger partial charge >= 0.3 is 5.97 Å². The van der Waals surface area contributed by atoms with Gasteiger partial charge in [-0.2, -0.15) is 5.10 Å². The van der Waals surface area contributed by atoms with Gasteiger partial charge in [-0.25, -0.2) is 32.4 Å². The standard InChI is InChI=1S/C35H31FN4O4S3/c36-28-19-23(11-16-32(28)47(37,43)44)18-27-30(14-10-21-7-8-21)40(35-38-29(20-45-35)34(41)42)39-33(27)25-6-1-3-22(17-25)9-12-26-13-15-31(46-26)24-4-2-5-24/h1,3,6,11,13,15-17,19-21,24H,2,4-5,7-8,10,14,18H2,(H,41,42)(H2,37,43,44). The van der Waals surface area contributed by atoms with Crippen LogP contribution in [0.5, 0.6) is 0 Å². The molecule has 3 N–H and O–H groups in total. The van der Waals surface area contributed by atoms with Crippen LogP contribution in [0.4, 0.5) is 4.39 Å². The average molecular weight is 687 g/mol. The van der Waals surface area contributed by atoms with E-state index >= 15 is 0 Å². The number of primary sulfonamides is 1. The first-order valence-electron chi connectivity index (χ1n) is 15.5. The number of carboxylic acids is 1. The number of aromatic nitrogens is 3. The monoisotopic (exact) mass is 686 g/mol. The van der Waals surface area contributed by atoms with E-state index in [1.54, 1.807) is 22.1 Å². The number of sulfonamides is 1. The van der Waals surface area contributed by atoms with E-state index in [1.165, 1.54) is 53.0 Å². The van der Waals surface area contributed by atoms with Crippen molar-refractivity contribution in [2.75, 3.05) is 0 Å². The molecule has 2 aliphatic rings. The molecule has 0 radical (unpaired) electrons. The Hall–Kier alpha value is -4.15. The van der Waals surface area contributed by atoms with Crippen molar-refractivity contribution in [1.29, 1.82) is 0 Å². The summed E-state index contributed by atoms with van der Waals surface area (Å²) >= 11 is 2.94. The average Bonchev–Trinajstić information content (AvgIpc) is 3.34. The van der Waals surface area contributed by atoms with Crippen LogP contribution >= 0.6 is 22.7 Å². The summed E-state index contributed by atoms with van der Waals surface area (Å²) in [5, 5.41) is 21.7. The predicted molar refractivity (Wildman–Crippen MR) is 180 cm³/mol. The van der Waals surface area contributed by atoms with Gasteiger partial charge in [0.25, 0.3) is 0 Å². The van der Waals surface area contributed by atoms with E-state index in [9.17, 15) is 22.7 Å². The minimum Gasteiger partial charge on any atom is -0.476 e. The number of thiophene rings is 1. The molecular weight excluding hydrogens is 656 g/mol. The van der Waals surface area contributed by atoms with Crippen LogP contribution in [0.3, 0.4) is 0 Å². The molecular formula is C35H31FN4O4S3. The van der Waals surface area contributed by atoms with E-state index in [4.69, 9.17) is 10.2 Å². The van der Waals surface area contributed by atoms with Crippen LogP contribution in [0.15, 0.2) is 64.9 Å². The number of carboxylic acid groups (broad SMARTS) is 1. The van der Waals surface area contributed by atoms with Gasteiger partial charge in [0.1, 0.15) is 10.7 Å². The highest BCUT2D eigenvalue weighted by atomic mass is 32.2. The van der Waals surface area contributed by atoms with Crippen molar-refractivity contribution in [3.8, 4) is 28.2 Å². The number of nitrogens with two attached hydrogens (primary N) is 1. The molecule has 0 bridgehead atoms. The Morgan fingerprint density at radius 3 is 2.60 bits per heavy atom. The molecule has 3 aromatic heterocycles. The van der Waals surface area contributed by atoms with E-state index < -0.39 is 26.7 Å². The molecule has 8 nitrogen and oxygen atoms in total. The first kappa shape index (κ1) is 31.4. The van der Waals surface area contributed by atoms with E-state index in [-0.39, 0.29) is 12.1 Å². The van der Waals surface area contributed by atoms with Gasteiger partial charge in [0.15, 0.2) is 5.69 Å². The highest BCUT2D eigenvalue weighted by Crippen LogP contribution is 2.40. The number of aromatic carboxylic acids is 1. The summed E-state index contributed by atoms with van der Waals surface area (Å²) in [6.45, 7) is 0. The zero-order valence-electron chi connectivity index (χ0n) is 25.3. The quantitative estimate of drug-likeness (QED) is 0.150. The van der Waals surface area contributed by atoms with Crippen LogP contribution in [0.1, 0.15) is 87.1 Å². The Morgan fingerprint density at radius 1 is 1.09 bits per heavy atom. The number of benzene rings is 2. The second-order valence-electron chi connectivity index (χ2n) is 12.1. The van der Waals surface area contributed by atoms with Gasteiger partial charge in [0, 0.05) is 33.4 Å². The summed E-state index contributed by atoms with van der Waals surface area (Å²) in [4.78, 5) is 17.9. The molecule has 47 heavy (non-hydrogen) atoms. The van der Waals surface area contributed by atoms with E-state index in [0.29, 0.717) is 34.6 Å². The molecule has 2 fully saturated rings. The number of rotatable bonds is 10. The highest BCUT2D eigenvalue weighted by Gasteiger charge is 2.27. The summed E-state index contributed by atoms with van der Waals surface area (Å²) in [7, 11) is -4.22. The first-order valence-corrected chi connectivity index (χ1v) is 18.7. The lowest BCUT2D eigenvalue weighted by Crippen LogP contribution is -2.14. The SMILES string of the molecule is NS(=O)(=O)c1ccc(Cc2c(-c3cccc(C#Cc4ccc(C5CCC5)s4)c3)nn(-c3nc(C(=O)O)cs3)c2CCC2CC2)cc1F. The maximum absolute atomic E-state index is 15.0. The third kappa shape index (κ3) is 6.94. The van der Waals surface area contributed by atoms with Crippen molar-refractivity contribution in [1.82, 2.24) is 14.8 Å². The van der Waals surface area contributed by atoms with Gasteiger partial charge in [-0.3, -0.25) is 0 Å². The number of carbonyl (C=O) groups is 1. The van der Waals surface area contributed by atoms with Crippen LogP contribution < -0.4 is 5.14 Å². The molecule has 2 saturated carbocycles. The molecule has 2 aliphatic carbocycles. The largest absolute Gasteiger partial charge is 0.476 e. The Balaban J connectivity index is 1.31. The Kier molecular flexibility index (Phi) is 8.57. The van der Waals surface area contributed by atoms with Gasteiger partial charge in [0.05, 0.1) is 16.3 Å². The zero-order chi connectivity index (χ0) is 32.7. The minimum atomic E-state index is -4.22. The lowest BCUT2D eigenvalue weighted by molar-refractivity contribution is 0.0691. The lowest BCUT2D eigenvalue weighted by atomic mass is 9.84. The van der Waals surface area contributed by atoms with Crippen molar-refractivity contribution in [2.45, 2.75) is 62.2 Å². The highest BCUT2D eigenvalue weighted by molar-refractivity contribution is 7.89. The first-order chi connectivity index (χ1) is 22.6. The van der Waals surface area contributed by atoms with Gasteiger partial charge in [-0.15, -0.1) is 22.7 Å². The maximum atomic E-state index is 15.0. The zero-order valence-corrected chi connectivity index (χ0v) is 27.7. The minimum absolute atomic E-state index is 0.0660. The van der Waals surface area contributed by atoms with E-state index in [1.807, 2.05) is 24.3 Å². The molecule has 5 aromatic rings. The summed E-state index contributed by atoms with van der Waals surface area (Å²) < 4.78 is 40.4. The number of hydrogen-bond acceptors (Lipinski definition) is 7. The maximum Gasteiger partial charge on any atom is 0.355 e. The third-order valence-electron chi connectivity index (χ3n) is 8.75. The third-order valence-corrected chi connectivity index (χ3v) is 11.7. The van der Waals surface area contributed by atoms with Gasteiger partial charge in [0.2, 0.25) is 15.2 Å². The van der Waals surface area contributed by atoms with Gasteiger partial charge < -0.3 is 5.11 Å². The van der Waals surface area contributed by atoms with Crippen LogP contribution in [0.25, 0.3) is 16.4 Å². The molecule has 0 amide bonds. The molecule has 240 valence electrons. The fourth-order valence-electron chi connectivity index (χ4n) is 5.82. The normalized spacial score (nSPS) is 14.9. The molecule has 0 atom stereocenters. The van der Waals surface area contributed by atoms with Crippen molar-refractivity contribution >= 4 is 38.7 Å². The Labute approximate surface area is 280 Å². The Bertz CT molecular complexity index is 2160. The molecule has 0 saturated heterocycles. The summed E-state index contributed by atoms with van der Waals surface area (Å²) in [5.74, 6) is 5.84. The van der Waals surface area contributed by atoms with Crippen molar-refractivity contribution in [2.24, 2.45) is 11.1 Å². The number of halogens is 1. The second kappa shape index (κ2) is 12.8. The number of nitrogens with zero attached hydrogens (tertiary/aromatic N) is 3. The van der Waals surface area contributed by atoms with Crippen molar-refractivity contribution in [3.05, 3.63) is 104 Å². The van der Waals surface area contributed by atoms with Crippen molar-refractivity contribution in [3.63, 3.8) is 0 Å². The van der Waals surface area contributed by atoms with Crippen LogP contribution in [0.2, 0.25) is 0 Å². The Morgan fingerprint density at radius 2 is 1.91 bits per heavy atom. The van der Waals surface area contributed by atoms with E-state index in [0.717, 1.165) is 46.5 Å². The molecule has 2 aromatic carbocycles. The molecule has 12 heteroatoms. The topological polar surface area (TPSA) is 128 Å². The van der Waals surface area contributed by atoms with Crippen LogP contribution in [0, 0.1) is 23.6 Å². The lowest BCUT2D eigenvalue weighted by Gasteiger charge is -2.23.